The number of carbonyl (C=O) groups excluding carboxylic acids is 1. The Morgan fingerprint density at radius 2 is 1.78 bits per heavy atom. The summed E-state index contributed by atoms with van der Waals surface area (Å²) in [5.74, 6) is 0.148. The molecule has 2 rings (SSSR count). The predicted molar refractivity (Wildman–Crippen MR) is 78.1 cm³/mol. The fourth-order valence-corrected chi connectivity index (χ4v) is 1.86. The third kappa shape index (κ3) is 4.38. The number of carbonyl (C=O) groups is 1. The van der Waals surface area contributed by atoms with Crippen LogP contribution in [-0.2, 0) is 22.1 Å². The first kappa shape index (κ1) is 16.7. The van der Waals surface area contributed by atoms with E-state index in [9.17, 15) is 18.0 Å². The molecular weight excluding hydrogens is 311 g/mol. The van der Waals surface area contributed by atoms with Crippen molar-refractivity contribution in [1.29, 1.82) is 0 Å². The molecule has 0 aliphatic rings. The van der Waals surface area contributed by atoms with Crippen molar-refractivity contribution < 1.29 is 27.4 Å². The van der Waals surface area contributed by atoms with E-state index in [0.717, 1.165) is 17.7 Å². The molecule has 122 valence electrons. The third-order valence-electron chi connectivity index (χ3n) is 3.06. The van der Waals surface area contributed by atoms with Crippen molar-refractivity contribution in [2.24, 2.45) is 0 Å². The fraction of sp³-hybridized carbons (Fsp3) is 0.188. The lowest BCUT2D eigenvalue weighted by Crippen LogP contribution is -2.06. The van der Waals surface area contributed by atoms with Crippen LogP contribution in [0.3, 0.4) is 0 Å². The number of benzene rings is 2. The molecule has 0 bridgehead atoms. The third-order valence-corrected chi connectivity index (χ3v) is 3.06. The molecule has 0 saturated heterocycles. The number of hydrogen-bond acceptors (Lipinski definition) is 4. The zero-order chi connectivity index (χ0) is 17.0. The van der Waals surface area contributed by atoms with Crippen LogP contribution in [0.2, 0.25) is 0 Å². The summed E-state index contributed by atoms with van der Waals surface area (Å²) in [4.78, 5) is 11.2. The Morgan fingerprint density at radius 1 is 1.13 bits per heavy atom. The summed E-state index contributed by atoms with van der Waals surface area (Å²) in [5.41, 5.74) is 5.37. The van der Waals surface area contributed by atoms with Crippen molar-refractivity contribution >= 4 is 11.7 Å². The van der Waals surface area contributed by atoms with Crippen LogP contribution in [0.1, 0.15) is 11.1 Å². The molecule has 0 fully saturated rings. The minimum atomic E-state index is -4.46. The topological polar surface area (TPSA) is 61.5 Å². The van der Waals surface area contributed by atoms with Crippen molar-refractivity contribution in [2.45, 2.75) is 12.6 Å². The number of rotatable bonds is 4. The number of ether oxygens (including phenoxy) is 2. The van der Waals surface area contributed by atoms with Gasteiger partial charge in [-0.3, -0.25) is 4.79 Å². The number of nitrogen functional groups attached to an aromatic ring is 1. The van der Waals surface area contributed by atoms with Crippen molar-refractivity contribution in [2.75, 3.05) is 12.8 Å². The number of halogens is 3. The summed E-state index contributed by atoms with van der Waals surface area (Å²) in [6.45, 7) is 0. The highest BCUT2D eigenvalue weighted by atomic mass is 19.4. The standard InChI is InChI=1S/C16H14F3NO3/c1-22-15(21)8-10-2-5-12(6-3-10)23-14-7-4-11(9-13(14)20)16(17,18)19/h2-7,9H,8,20H2,1H3. The Balaban J connectivity index is 2.12. The molecular formula is C16H14F3NO3. The molecule has 0 aromatic heterocycles. The van der Waals surface area contributed by atoms with Gasteiger partial charge in [-0.05, 0) is 35.9 Å². The average Bonchev–Trinajstić information content (AvgIpc) is 2.50. The van der Waals surface area contributed by atoms with Gasteiger partial charge < -0.3 is 15.2 Å². The van der Waals surface area contributed by atoms with Crippen LogP contribution in [0.25, 0.3) is 0 Å². The SMILES string of the molecule is COC(=O)Cc1ccc(Oc2ccc(C(F)(F)F)cc2N)cc1. The maximum Gasteiger partial charge on any atom is 0.416 e. The highest BCUT2D eigenvalue weighted by Gasteiger charge is 2.30. The minimum Gasteiger partial charge on any atom is -0.469 e. The first-order valence-electron chi connectivity index (χ1n) is 6.60. The van der Waals surface area contributed by atoms with E-state index in [0.29, 0.717) is 5.75 Å². The molecule has 0 radical (unpaired) electrons. The van der Waals surface area contributed by atoms with E-state index in [1.54, 1.807) is 24.3 Å². The van der Waals surface area contributed by atoms with Crippen molar-refractivity contribution in [3.63, 3.8) is 0 Å². The Bertz CT molecular complexity index is 697. The quantitative estimate of drug-likeness (QED) is 0.686. The van der Waals surface area contributed by atoms with Gasteiger partial charge >= 0.3 is 12.1 Å². The number of methoxy groups -OCH3 is 1. The molecule has 23 heavy (non-hydrogen) atoms. The van der Waals surface area contributed by atoms with Gasteiger partial charge in [-0.15, -0.1) is 0 Å². The van der Waals surface area contributed by atoms with Crippen molar-refractivity contribution in [1.82, 2.24) is 0 Å². The van der Waals surface area contributed by atoms with Crippen LogP contribution in [0.5, 0.6) is 11.5 Å². The number of nitrogens with two attached hydrogens (primary N) is 1. The molecule has 2 aromatic carbocycles. The summed E-state index contributed by atoms with van der Waals surface area (Å²) in [5, 5.41) is 0. The largest absolute Gasteiger partial charge is 0.469 e. The molecule has 0 unspecified atom stereocenters. The lowest BCUT2D eigenvalue weighted by Gasteiger charge is -2.12. The lowest BCUT2D eigenvalue weighted by atomic mass is 10.1. The Labute approximate surface area is 130 Å². The van der Waals surface area contributed by atoms with Gasteiger partial charge in [-0.25, -0.2) is 0 Å². The van der Waals surface area contributed by atoms with Crippen LogP contribution >= 0.6 is 0 Å². The first-order chi connectivity index (χ1) is 10.8. The van der Waals surface area contributed by atoms with Gasteiger partial charge in [-0.1, -0.05) is 12.1 Å². The summed E-state index contributed by atoms with van der Waals surface area (Å²) in [6.07, 6.45) is -4.33. The predicted octanol–water partition coefficient (Wildman–Crippen LogP) is 3.80. The van der Waals surface area contributed by atoms with E-state index in [1.165, 1.54) is 13.2 Å². The number of alkyl halides is 3. The summed E-state index contributed by atoms with van der Waals surface area (Å²) in [6, 6.07) is 9.39. The molecule has 7 heteroatoms. The monoisotopic (exact) mass is 325 g/mol. The minimum absolute atomic E-state index is 0.113. The second-order valence-electron chi connectivity index (χ2n) is 4.75. The smallest absolute Gasteiger partial charge is 0.416 e. The fourth-order valence-electron chi connectivity index (χ4n) is 1.86. The van der Waals surface area contributed by atoms with Gasteiger partial charge in [0.1, 0.15) is 11.5 Å². The van der Waals surface area contributed by atoms with E-state index in [2.05, 4.69) is 4.74 Å². The average molecular weight is 325 g/mol. The Morgan fingerprint density at radius 3 is 2.30 bits per heavy atom. The highest BCUT2D eigenvalue weighted by Crippen LogP contribution is 2.35. The number of anilines is 1. The van der Waals surface area contributed by atoms with Gasteiger partial charge in [-0.2, -0.15) is 13.2 Å². The van der Waals surface area contributed by atoms with Gasteiger partial charge in [0.05, 0.1) is 24.8 Å². The molecule has 0 amide bonds. The molecule has 0 spiro atoms. The van der Waals surface area contributed by atoms with Gasteiger partial charge in [0.25, 0.3) is 0 Å². The summed E-state index contributed by atoms with van der Waals surface area (Å²) in [7, 11) is 1.30. The van der Waals surface area contributed by atoms with Crippen LogP contribution in [-0.4, -0.2) is 13.1 Å². The van der Waals surface area contributed by atoms with Crippen LogP contribution in [0.4, 0.5) is 18.9 Å². The van der Waals surface area contributed by atoms with Crippen LogP contribution in [0.15, 0.2) is 42.5 Å². The van der Waals surface area contributed by atoms with Gasteiger partial charge in [0.2, 0.25) is 0 Å². The maximum atomic E-state index is 12.6. The Hall–Kier alpha value is -2.70. The first-order valence-corrected chi connectivity index (χ1v) is 6.60. The van der Waals surface area contributed by atoms with Crippen molar-refractivity contribution in [3.8, 4) is 11.5 Å². The molecule has 0 saturated carbocycles. The van der Waals surface area contributed by atoms with E-state index >= 15 is 0 Å². The van der Waals surface area contributed by atoms with Crippen LogP contribution in [0, 0.1) is 0 Å². The van der Waals surface area contributed by atoms with E-state index < -0.39 is 11.7 Å². The molecule has 2 aromatic rings. The number of hydrogen-bond donors (Lipinski definition) is 1. The summed E-state index contributed by atoms with van der Waals surface area (Å²) < 4.78 is 47.7. The Kier molecular flexibility index (Phi) is 4.78. The molecule has 0 atom stereocenters. The van der Waals surface area contributed by atoms with Gasteiger partial charge in [0.15, 0.2) is 0 Å². The van der Waals surface area contributed by atoms with Gasteiger partial charge in [0, 0.05) is 0 Å². The lowest BCUT2D eigenvalue weighted by molar-refractivity contribution is -0.140. The molecule has 4 nitrogen and oxygen atoms in total. The molecule has 0 heterocycles. The molecule has 2 N–H and O–H groups in total. The van der Waals surface area contributed by atoms with E-state index in [-0.39, 0.29) is 23.8 Å². The second-order valence-corrected chi connectivity index (χ2v) is 4.75. The summed E-state index contributed by atoms with van der Waals surface area (Å²) >= 11 is 0. The van der Waals surface area contributed by atoms with E-state index in [1.807, 2.05) is 0 Å². The number of esters is 1. The normalized spacial score (nSPS) is 11.1. The van der Waals surface area contributed by atoms with Crippen LogP contribution < -0.4 is 10.5 Å². The molecule has 0 aliphatic carbocycles. The van der Waals surface area contributed by atoms with E-state index in [4.69, 9.17) is 10.5 Å². The zero-order valence-corrected chi connectivity index (χ0v) is 12.2. The second kappa shape index (κ2) is 6.60. The molecule has 0 aliphatic heterocycles. The highest BCUT2D eigenvalue weighted by molar-refractivity contribution is 5.72. The maximum absolute atomic E-state index is 12.6. The zero-order valence-electron chi connectivity index (χ0n) is 12.2. The van der Waals surface area contributed by atoms with Crippen molar-refractivity contribution in [3.05, 3.63) is 53.6 Å².